The highest BCUT2D eigenvalue weighted by atomic mass is 28.3. The molecule has 0 radical (unpaired) electrons. The molecule has 0 aliphatic rings. The summed E-state index contributed by atoms with van der Waals surface area (Å²) in [7, 11) is -2.86. The third kappa shape index (κ3) is 4.72. The Hall–Kier alpha value is -2.97. The van der Waals surface area contributed by atoms with E-state index in [0.29, 0.717) is 0 Å². The quantitative estimate of drug-likeness (QED) is 0.170. The number of hydrogen-bond donors (Lipinski definition) is 0. The van der Waals surface area contributed by atoms with Crippen LogP contribution in [0, 0.1) is 0 Å². The highest BCUT2D eigenvalue weighted by Gasteiger charge is 2.45. The highest BCUT2D eigenvalue weighted by Crippen LogP contribution is 2.10. The highest BCUT2D eigenvalue weighted by molar-refractivity contribution is 7.30. The topological polar surface area (TPSA) is 17.1 Å². The van der Waals surface area contributed by atoms with Gasteiger partial charge in [-0.05, 0) is 28.1 Å². The van der Waals surface area contributed by atoms with Crippen molar-refractivity contribution in [2.75, 3.05) is 0 Å². The van der Waals surface area contributed by atoms with E-state index in [0.717, 1.165) is 22.0 Å². The average Bonchev–Trinajstić information content (AvgIpc) is 2.79. The van der Waals surface area contributed by atoms with E-state index in [9.17, 15) is 4.79 Å². The lowest BCUT2D eigenvalue weighted by atomic mass is 10.2. The molecule has 0 N–H and O–H groups in total. The average molecular weight is 397 g/mol. The monoisotopic (exact) mass is 396 g/mol. The van der Waals surface area contributed by atoms with Gasteiger partial charge in [0.15, 0.2) is 0 Å². The Morgan fingerprint density at radius 2 is 1.17 bits per heavy atom. The molecular formula is C27H28OSi. The molecule has 3 aromatic rings. The van der Waals surface area contributed by atoms with Crippen LogP contribution >= 0.6 is 0 Å². The van der Waals surface area contributed by atoms with Gasteiger partial charge >= 0.3 is 0 Å². The van der Waals surface area contributed by atoms with Crippen molar-refractivity contribution in [1.29, 1.82) is 0 Å². The second-order valence-electron chi connectivity index (χ2n) is 7.14. The Morgan fingerprint density at radius 3 is 1.59 bits per heavy atom. The Bertz CT molecular complexity index is 847. The third-order valence-electron chi connectivity index (χ3n) is 5.21. The summed E-state index contributed by atoms with van der Waals surface area (Å²) in [5.74, 6) is 0. The van der Waals surface area contributed by atoms with Crippen molar-refractivity contribution >= 4 is 29.0 Å². The third-order valence-corrected chi connectivity index (χ3v) is 9.71. The van der Waals surface area contributed by atoms with Gasteiger partial charge in [-0.25, -0.2) is 0 Å². The standard InChI is InChI=1S/C27H28OSi/c1-2-3-4-5-6-16-23-27(28)29(24-17-10-7-11-18-24,25-19-12-8-13-20-25)26-21-14-9-15-22-26/h5-23H,2-4H2,1H3/b6-5-,23-16+. The zero-order valence-corrected chi connectivity index (χ0v) is 18.0. The van der Waals surface area contributed by atoms with Gasteiger partial charge in [0.05, 0.1) is 0 Å². The van der Waals surface area contributed by atoms with Crippen LogP contribution in [0.15, 0.2) is 115 Å². The van der Waals surface area contributed by atoms with Gasteiger partial charge in [-0.1, -0.05) is 129 Å². The molecule has 0 heterocycles. The summed E-state index contributed by atoms with van der Waals surface area (Å²) < 4.78 is 0. The Morgan fingerprint density at radius 1 is 0.724 bits per heavy atom. The fourth-order valence-corrected chi connectivity index (χ4v) is 8.03. The minimum absolute atomic E-state index is 0.196. The van der Waals surface area contributed by atoms with E-state index in [-0.39, 0.29) is 5.41 Å². The first-order chi connectivity index (χ1) is 14.3. The number of allylic oxidation sites excluding steroid dienone is 4. The van der Waals surface area contributed by atoms with Gasteiger partial charge < -0.3 is 0 Å². The molecule has 0 atom stereocenters. The molecule has 0 fully saturated rings. The van der Waals surface area contributed by atoms with E-state index in [4.69, 9.17) is 0 Å². The molecule has 146 valence electrons. The van der Waals surface area contributed by atoms with Crippen LogP contribution in [-0.2, 0) is 4.79 Å². The molecule has 3 rings (SSSR count). The molecule has 0 saturated carbocycles. The van der Waals surface area contributed by atoms with Gasteiger partial charge in [0.1, 0.15) is 5.41 Å². The summed E-state index contributed by atoms with van der Waals surface area (Å²) >= 11 is 0. The van der Waals surface area contributed by atoms with E-state index in [1.165, 1.54) is 12.8 Å². The second kappa shape index (κ2) is 10.5. The summed E-state index contributed by atoms with van der Waals surface area (Å²) in [4.78, 5) is 13.9. The summed E-state index contributed by atoms with van der Waals surface area (Å²) in [5, 5.41) is 3.53. The van der Waals surface area contributed by atoms with Crippen LogP contribution < -0.4 is 15.6 Å². The molecule has 2 heteroatoms. The molecule has 0 unspecified atom stereocenters. The maximum absolute atomic E-state index is 13.9. The number of unbranched alkanes of at least 4 members (excludes halogenated alkanes) is 2. The van der Waals surface area contributed by atoms with Gasteiger partial charge in [-0.2, -0.15) is 0 Å². The first-order valence-electron chi connectivity index (χ1n) is 10.3. The van der Waals surface area contributed by atoms with Crippen molar-refractivity contribution in [2.24, 2.45) is 0 Å². The van der Waals surface area contributed by atoms with Crippen molar-refractivity contribution in [2.45, 2.75) is 26.2 Å². The van der Waals surface area contributed by atoms with Crippen molar-refractivity contribution in [3.05, 3.63) is 115 Å². The lowest BCUT2D eigenvalue weighted by Crippen LogP contribution is -2.72. The lowest BCUT2D eigenvalue weighted by molar-refractivity contribution is -0.108. The van der Waals surface area contributed by atoms with Crippen LogP contribution in [-0.4, -0.2) is 13.5 Å². The summed E-state index contributed by atoms with van der Waals surface area (Å²) in [6, 6.07) is 30.9. The van der Waals surface area contributed by atoms with Crippen molar-refractivity contribution in [3.8, 4) is 0 Å². The van der Waals surface area contributed by atoms with E-state index in [1.54, 1.807) is 6.08 Å². The van der Waals surface area contributed by atoms with Crippen LogP contribution in [0.4, 0.5) is 0 Å². The first-order valence-corrected chi connectivity index (χ1v) is 12.3. The molecule has 0 aliphatic heterocycles. The molecule has 0 amide bonds. The van der Waals surface area contributed by atoms with Crippen LogP contribution in [0.1, 0.15) is 26.2 Å². The van der Waals surface area contributed by atoms with E-state index >= 15 is 0 Å². The zero-order valence-electron chi connectivity index (χ0n) is 17.0. The van der Waals surface area contributed by atoms with Gasteiger partial charge in [-0.3, -0.25) is 4.79 Å². The first kappa shape index (κ1) is 20.8. The molecular weight excluding hydrogens is 368 g/mol. The van der Waals surface area contributed by atoms with Crippen molar-refractivity contribution in [1.82, 2.24) is 0 Å². The van der Waals surface area contributed by atoms with Crippen LogP contribution in [0.5, 0.6) is 0 Å². The van der Waals surface area contributed by atoms with Crippen LogP contribution in [0.2, 0.25) is 0 Å². The second-order valence-corrected chi connectivity index (χ2v) is 10.9. The molecule has 0 aromatic heterocycles. The summed E-state index contributed by atoms with van der Waals surface area (Å²) in [6.07, 6.45) is 11.2. The predicted molar refractivity (Wildman–Crippen MR) is 127 cm³/mol. The van der Waals surface area contributed by atoms with Crippen LogP contribution in [0.3, 0.4) is 0 Å². The van der Waals surface area contributed by atoms with Gasteiger partial charge in [-0.15, -0.1) is 0 Å². The molecule has 0 aliphatic carbocycles. The molecule has 0 bridgehead atoms. The smallest absolute Gasteiger partial charge is 0.229 e. The Labute approximate surface area is 175 Å². The SMILES string of the molecule is CCCC/C=C\C=C\C(=O)[Si](c1ccccc1)(c1ccccc1)c1ccccc1. The Balaban J connectivity index is 2.14. The number of carbonyl (C=O) groups is 1. The number of carbonyl (C=O) groups excluding carboxylic acids is 1. The van der Waals surface area contributed by atoms with E-state index in [2.05, 4.69) is 49.4 Å². The minimum Gasteiger partial charge on any atom is -0.299 e. The lowest BCUT2D eigenvalue weighted by Gasteiger charge is -2.30. The number of hydrogen-bond acceptors (Lipinski definition) is 1. The molecule has 3 aromatic carbocycles. The van der Waals surface area contributed by atoms with E-state index < -0.39 is 8.07 Å². The van der Waals surface area contributed by atoms with Gasteiger partial charge in [0.25, 0.3) is 0 Å². The molecule has 0 spiro atoms. The van der Waals surface area contributed by atoms with Gasteiger partial charge in [0.2, 0.25) is 8.07 Å². The maximum Gasteiger partial charge on any atom is 0.229 e. The molecule has 29 heavy (non-hydrogen) atoms. The fraction of sp³-hybridized carbons (Fsp3) is 0.148. The van der Waals surface area contributed by atoms with E-state index in [1.807, 2.05) is 66.7 Å². The predicted octanol–water partition coefficient (Wildman–Crippen LogP) is 4.57. The van der Waals surface area contributed by atoms with Crippen molar-refractivity contribution < 1.29 is 4.79 Å². The fourth-order valence-electron chi connectivity index (χ4n) is 3.76. The van der Waals surface area contributed by atoms with Crippen LogP contribution in [0.25, 0.3) is 0 Å². The number of rotatable bonds is 9. The molecule has 1 nitrogen and oxygen atoms in total. The maximum atomic E-state index is 13.9. The Kier molecular flexibility index (Phi) is 7.54. The number of benzene rings is 3. The van der Waals surface area contributed by atoms with Crippen molar-refractivity contribution in [3.63, 3.8) is 0 Å². The van der Waals surface area contributed by atoms with Gasteiger partial charge in [0, 0.05) is 0 Å². The summed E-state index contributed by atoms with van der Waals surface area (Å²) in [5.41, 5.74) is 0. The minimum atomic E-state index is -2.86. The largest absolute Gasteiger partial charge is 0.299 e. The molecule has 0 saturated heterocycles. The normalized spacial score (nSPS) is 11.9. The summed E-state index contributed by atoms with van der Waals surface area (Å²) in [6.45, 7) is 2.19. The zero-order chi connectivity index (χ0) is 20.4.